The van der Waals surface area contributed by atoms with Gasteiger partial charge in [-0.15, -0.1) is 0 Å². The van der Waals surface area contributed by atoms with E-state index >= 15 is 0 Å². The first-order valence-corrected chi connectivity index (χ1v) is 11.2. The highest BCUT2D eigenvalue weighted by Crippen LogP contribution is 2.15. The Kier molecular flexibility index (Phi) is 18.2. The van der Waals surface area contributed by atoms with Crippen LogP contribution in [0, 0.1) is 0 Å². The minimum Gasteiger partial charge on any atom is -0.502 e. The topological polar surface area (TPSA) is 65.1 Å². The maximum atomic E-state index is 8.72. The van der Waals surface area contributed by atoms with Crippen LogP contribution in [-0.2, 0) is 30.9 Å². The van der Waals surface area contributed by atoms with Gasteiger partial charge in [0.1, 0.15) is 5.69 Å². The van der Waals surface area contributed by atoms with Crippen molar-refractivity contribution < 1.29 is 11.2 Å². The zero-order chi connectivity index (χ0) is 22.1. The number of nitrogens with zero attached hydrogens (tertiary/aromatic N) is 4. The van der Waals surface area contributed by atoms with Gasteiger partial charge >= 0.3 is 0 Å². The molecule has 3 heterocycles. The van der Waals surface area contributed by atoms with Crippen molar-refractivity contribution in [2.24, 2.45) is 0 Å². The lowest BCUT2D eigenvalue weighted by Gasteiger charge is -2.01. The molecule has 0 amide bonds. The average Bonchev–Trinajstić information content (AvgIpc) is 3.32. The summed E-state index contributed by atoms with van der Waals surface area (Å²) in [6.45, 7) is 11.2. The third kappa shape index (κ3) is 12.2. The van der Waals surface area contributed by atoms with Crippen LogP contribution in [0.15, 0.2) is 33.7 Å². The second-order valence-electron chi connectivity index (χ2n) is 5.46. The molecule has 0 fully saturated rings. The maximum Gasteiger partial charge on any atom is 0.102 e. The van der Waals surface area contributed by atoms with Crippen molar-refractivity contribution in [1.82, 2.24) is 19.6 Å². The zero-order valence-electron chi connectivity index (χ0n) is 18.4. The van der Waals surface area contributed by atoms with E-state index in [4.69, 9.17) is 11.2 Å². The molecule has 6 nitrogen and oxygen atoms in total. The Morgan fingerprint density at radius 3 is 1.83 bits per heavy atom. The lowest BCUT2D eigenvalue weighted by atomic mass is 10.3. The normalized spacial score (nSPS) is 11.9. The highest BCUT2D eigenvalue weighted by atomic mass is 79.9. The number of hydrogen-bond acceptors (Lipinski definition) is 4. The summed E-state index contributed by atoms with van der Waals surface area (Å²) < 4.78 is 16.8. The van der Waals surface area contributed by atoms with Crippen LogP contribution in [0.2, 0.25) is 0 Å². The first-order chi connectivity index (χ1) is 14.0. The molecule has 1 N–H and O–H groups in total. The van der Waals surface area contributed by atoms with E-state index in [0.717, 1.165) is 40.8 Å². The Hall–Kier alpha value is -1.12. The lowest BCUT2D eigenvalue weighted by molar-refractivity contribution is 0.231. The van der Waals surface area contributed by atoms with Crippen LogP contribution in [0.4, 0.5) is 0 Å². The van der Waals surface area contributed by atoms with Crippen LogP contribution in [0.3, 0.4) is 0 Å². The van der Waals surface area contributed by atoms with Crippen molar-refractivity contribution in [3.8, 4) is 0 Å². The van der Waals surface area contributed by atoms with Crippen molar-refractivity contribution in [1.29, 1.82) is 0 Å². The van der Waals surface area contributed by atoms with Gasteiger partial charge in [0.05, 0.1) is 34.1 Å². The fourth-order valence-corrected chi connectivity index (χ4v) is 3.07. The molecule has 2 aromatic rings. The molecule has 168 valence electrons. The Bertz CT molecular complexity index is 634. The molecule has 0 radical (unpaired) electrons. The Morgan fingerprint density at radius 2 is 1.62 bits per heavy atom. The standard InChI is InChI=1S/C7H11BrN2.C6H9BrN2O.C5H8O.C2H6.CH4/c1-3-7-6(8)5-10(4-2)9-7;1-2-9-3-5(7)6(4-10)8-9;1-2-4-6-5-3-1;1-2;/h5H,3-4H2,1-2H3;3,10H,2,4H2,1H3;2,4H,1,3,5H2;1-2H3;1H4/i;;;1D;. The smallest absolute Gasteiger partial charge is 0.102 e. The summed E-state index contributed by atoms with van der Waals surface area (Å²) in [6, 6.07) is 0. The molecular weight excluding hydrogens is 500 g/mol. The van der Waals surface area contributed by atoms with Crippen molar-refractivity contribution >= 4 is 31.9 Å². The Morgan fingerprint density at radius 1 is 1.10 bits per heavy atom. The summed E-state index contributed by atoms with van der Waals surface area (Å²) in [4.78, 5) is 0. The van der Waals surface area contributed by atoms with Gasteiger partial charge in [0, 0.05) is 26.9 Å². The van der Waals surface area contributed by atoms with Crippen molar-refractivity contribution in [2.45, 2.75) is 81.0 Å². The first kappa shape index (κ1) is 27.9. The van der Waals surface area contributed by atoms with E-state index in [2.05, 4.69) is 55.9 Å². The number of aryl methyl sites for hydroxylation is 3. The number of aliphatic hydroxyl groups is 1. The van der Waals surface area contributed by atoms with Crippen LogP contribution in [0.1, 0.15) is 67.6 Å². The van der Waals surface area contributed by atoms with Gasteiger partial charge in [-0.2, -0.15) is 10.2 Å². The number of rotatable bonds is 4. The second-order valence-corrected chi connectivity index (χ2v) is 7.16. The molecule has 8 heteroatoms. The van der Waals surface area contributed by atoms with Crippen LogP contribution in [-0.4, -0.2) is 31.3 Å². The Labute approximate surface area is 195 Å². The maximum absolute atomic E-state index is 8.72. The monoisotopic (exact) mass is 537 g/mol. The van der Waals surface area contributed by atoms with Gasteiger partial charge in [-0.05, 0) is 71.0 Å². The van der Waals surface area contributed by atoms with Crippen LogP contribution < -0.4 is 0 Å². The van der Waals surface area contributed by atoms with E-state index in [0.29, 0.717) is 12.6 Å². The predicted octanol–water partition coefficient (Wildman–Crippen LogP) is 6.36. The molecule has 1 aliphatic rings. The molecule has 0 aromatic carbocycles. The molecule has 0 saturated heterocycles. The number of aliphatic hydroxyl groups excluding tert-OH is 1. The number of allylic oxidation sites excluding steroid dienone is 1. The molecule has 3 rings (SSSR count). The summed E-state index contributed by atoms with van der Waals surface area (Å²) in [7, 11) is 0. The molecule has 0 spiro atoms. The van der Waals surface area contributed by atoms with Gasteiger partial charge in [-0.1, -0.05) is 28.2 Å². The van der Waals surface area contributed by atoms with E-state index in [1.54, 1.807) is 17.9 Å². The molecule has 29 heavy (non-hydrogen) atoms. The lowest BCUT2D eigenvalue weighted by Crippen LogP contribution is -1.95. The third-order valence-corrected chi connectivity index (χ3v) is 4.86. The van der Waals surface area contributed by atoms with Crippen molar-refractivity contribution in [3.63, 3.8) is 0 Å². The largest absolute Gasteiger partial charge is 0.502 e. The molecule has 0 unspecified atom stereocenters. The number of halogens is 2. The van der Waals surface area contributed by atoms with Gasteiger partial charge in [-0.25, -0.2) is 0 Å². The van der Waals surface area contributed by atoms with Crippen LogP contribution in [0.25, 0.3) is 0 Å². The molecule has 0 bridgehead atoms. The quantitative estimate of drug-likeness (QED) is 0.492. The summed E-state index contributed by atoms with van der Waals surface area (Å²) >= 11 is 6.71. The van der Waals surface area contributed by atoms with Gasteiger partial charge in [0.2, 0.25) is 0 Å². The van der Waals surface area contributed by atoms with E-state index in [-0.39, 0.29) is 14.0 Å². The molecule has 0 atom stereocenters. The second kappa shape index (κ2) is 18.9. The van der Waals surface area contributed by atoms with E-state index in [1.807, 2.05) is 30.1 Å². The number of aromatic nitrogens is 4. The van der Waals surface area contributed by atoms with Gasteiger partial charge in [0.25, 0.3) is 0 Å². The van der Waals surface area contributed by atoms with Gasteiger partial charge in [-0.3, -0.25) is 9.36 Å². The average molecular weight is 539 g/mol. The molecule has 0 saturated carbocycles. The zero-order valence-corrected chi connectivity index (χ0v) is 20.5. The summed E-state index contributed by atoms with van der Waals surface area (Å²) in [6.07, 6.45) is 11.1. The molecule has 0 aliphatic carbocycles. The fourth-order valence-electron chi connectivity index (χ4n) is 2.03. The summed E-state index contributed by atoms with van der Waals surface area (Å²) in [5, 5.41) is 17.1. The third-order valence-electron chi connectivity index (χ3n) is 3.53. The van der Waals surface area contributed by atoms with Gasteiger partial charge in [0.15, 0.2) is 0 Å². The fraction of sp³-hybridized carbons (Fsp3) is 0.619. The predicted molar refractivity (Wildman–Crippen MR) is 129 cm³/mol. The van der Waals surface area contributed by atoms with E-state index < -0.39 is 0 Å². The highest BCUT2D eigenvalue weighted by Gasteiger charge is 2.02. The number of ether oxygens (including phenoxy) is 1. The summed E-state index contributed by atoms with van der Waals surface area (Å²) in [5.74, 6) is 0. The minimum atomic E-state index is -0.00637. The SMILES string of the molecule is C.C1=COCCC1.CCc1nn(CC)cc1Br.CCn1cc(Br)c(CO)n1.[2H]CC. The summed E-state index contributed by atoms with van der Waals surface area (Å²) in [5.41, 5.74) is 1.84. The van der Waals surface area contributed by atoms with Crippen molar-refractivity contribution in [2.75, 3.05) is 6.61 Å². The highest BCUT2D eigenvalue weighted by molar-refractivity contribution is 9.10. The van der Waals surface area contributed by atoms with Crippen LogP contribution in [0.5, 0.6) is 0 Å². The van der Waals surface area contributed by atoms with Crippen molar-refractivity contribution in [3.05, 3.63) is 45.1 Å². The molecule has 2 aromatic heterocycles. The van der Waals surface area contributed by atoms with E-state index in [1.165, 1.54) is 12.8 Å². The van der Waals surface area contributed by atoms with Crippen LogP contribution >= 0.6 is 31.9 Å². The van der Waals surface area contributed by atoms with E-state index in [9.17, 15) is 0 Å². The Balaban J connectivity index is 0. The minimum absolute atomic E-state index is 0. The molecular formula is C21H38Br2N4O2. The molecule has 1 aliphatic heterocycles. The van der Waals surface area contributed by atoms with Gasteiger partial charge < -0.3 is 9.84 Å². The first-order valence-electron chi connectivity index (χ1n) is 10.3. The number of hydrogen-bond donors (Lipinski definition) is 1.